The second kappa shape index (κ2) is 3.80. The van der Waals surface area contributed by atoms with Gasteiger partial charge in [-0.15, -0.1) is 0 Å². The smallest absolute Gasteiger partial charge is 0.251 e. The summed E-state index contributed by atoms with van der Waals surface area (Å²) in [6.07, 6.45) is 2.12. The van der Waals surface area contributed by atoms with Crippen molar-refractivity contribution in [1.82, 2.24) is 5.32 Å². The van der Waals surface area contributed by atoms with Gasteiger partial charge in [-0.3, -0.25) is 4.79 Å². The van der Waals surface area contributed by atoms with Crippen LogP contribution >= 0.6 is 27.5 Å². The molecule has 2 rings (SSSR count). The van der Waals surface area contributed by atoms with Crippen LogP contribution in [0.15, 0.2) is 22.7 Å². The van der Waals surface area contributed by atoms with Crippen LogP contribution in [0.1, 0.15) is 30.1 Å². The van der Waals surface area contributed by atoms with Gasteiger partial charge in [0, 0.05) is 15.6 Å². The predicted octanol–water partition coefficient (Wildman–Crippen LogP) is 3.38. The molecule has 1 aromatic carbocycles. The van der Waals surface area contributed by atoms with Gasteiger partial charge in [0.15, 0.2) is 0 Å². The molecule has 1 aromatic rings. The van der Waals surface area contributed by atoms with Gasteiger partial charge in [0.25, 0.3) is 5.91 Å². The maximum atomic E-state index is 11.8. The number of hydrogen-bond donors (Lipinski definition) is 1. The first-order chi connectivity index (χ1) is 7.00. The largest absolute Gasteiger partial charge is 0.347 e. The van der Waals surface area contributed by atoms with Gasteiger partial charge in [-0.05, 0) is 53.9 Å². The molecule has 0 radical (unpaired) electrons. The summed E-state index contributed by atoms with van der Waals surface area (Å²) in [4.78, 5) is 11.8. The predicted molar refractivity (Wildman–Crippen MR) is 64.3 cm³/mol. The lowest BCUT2D eigenvalue weighted by Crippen LogP contribution is -2.34. The molecule has 0 saturated heterocycles. The van der Waals surface area contributed by atoms with Gasteiger partial charge in [-0.1, -0.05) is 11.6 Å². The number of carbonyl (C=O) groups excluding carboxylic acids is 1. The Morgan fingerprint density at radius 1 is 1.53 bits per heavy atom. The third kappa shape index (κ3) is 2.52. The number of carbonyl (C=O) groups is 1. The Bertz CT molecular complexity index is 415. The standard InChI is InChI=1S/C11H11BrClNO/c1-11(4-5-11)14-10(15)7-2-3-8(12)9(13)6-7/h2-3,6H,4-5H2,1H3,(H,14,15). The molecular formula is C11H11BrClNO. The van der Waals surface area contributed by atoms with Crippen LogP contribution in [-0.2, 0) is 0 Å². The maximum Gasteiger partial charge on any atom is 0.251 e. The van der Waals surface area contributed by atoms with E-state index in [2.05, 4.69) is 21.2 Å². The minimum atomic E-state index is -0.0515. The number of benzene rings is 1. The zero-order valence-electron chi connectivity index (χ0n) is 8.31. The molecule has 1 amide bonds. The van der Waals surface area contributed by atoms with E-state index in [1.807, 2.05) is 6.92 Å². The van der Waals surface area contributed by atoms with Gasteiger partial charge in [-0.25, -0.2) is 0 Å². The van der Waals surface area contributed by atoms with E-state index in [-0.39, 0.29) is 11.4 Å². The molecule has 0 atom stereocenters. The van der Waals surface area contributed by atoms with Crippen molar-refractivity contribution < 1.29 is 4.79 Å². The van der Waals surface area contributed by atoms with Crippen molar-refractivity contribution in [3.05, 3.63) is 33.3 Å². The molecule has 80 valence electrons. The molecule has 0 bridgehead atoms. The first kappa shape index (κ1) is 11.0. The number of hydrogen-bond acceptors (Lipinski definition) is 1. The van der Waals surface area contributed by atoms with Crippen LogP contribution in [0.5, 0.6) is 0 Å². The molecule has 4 heteroatoms. The summed E-state index contributed by atoms with van der Waals surface area (Å²) in [5.41, 5.74) is 0.618. The number of nitrogens with one attached hydrogen (secondary N) is 1. The Kier molecular flexibility index (Phi) is 2.77. The molecule has 0 spiro atoms. The Labute approximate surface area is 102 Å². The highest BCUT2D eigenvalue weighted by molar-refractivity contribution is 9.10. The Morgan fingerprint density at radius 2 is 2.20 bits per heavy atom. The molecular weight excluding hydrogens is 277 g/mol. The monoisotopic (exact) mass is 287 g/mol. The lowest BCUT2D eigenvalue weighted by molar-refractivity contribution is 0.0935. The summed E-state index contributed by atoms with van der Waals surface area (Å²) in [5, 5.41) is 3.54. The molecule has 1 aliphatic rings. The fourth-order valence-corrected chi connectivity index (χ4v) is 1.72. The van der Waals surface area contributed by atoms with E-state index in [9.17, 15) is 4.79 Å². The summed E-state index contributed by atoms with van der Waals surface area (Å²) < 4.78 is 0.804. The van der Waals surface area contributed by atoms with Crippen LogP contribution in [0.4, 0.5) is 0 Å². The van der Waals surface area contributed by atoms with Crippen LogP contribution in [-0.4, -0.2) is 11.4 Å². The third-order valence-corrected chi connectivity index (χ3v) is 3.83. The van der Waals surface area contributed by atoms with Crippen LogP contribution in [0, 0.1) is 0 Å². The maximum absolute atomic E-state index is 11.8. The van der Waals surface area contributed by atoms with Crippen LogP contribution in [0.3, 0.4) is 0 Å². The highest BCUT2D eigenvalue weighted by atomic mass is 79.9. The number of amides is 1. The normalized spacial score (nSPS) is 17.3. The third-order valence-electron chi connectivity index (χ3n) is 2.60. The molecule has 15 heavy (non-hydrogen) atoms. The molecule has 1 fully saturated rings. The van der Waals surface area contributed by atoms with Gasteiger partial charge in [0.2, 0.25) is 0 Å². The molecule has 0 heterocycles. The van der Waals surface area contributed by atoms with E-state index >= 15 is 0 Å². The van der Waals surface area contributed by atoms with Gasteiger partial charge in [0.1, 0.15) is 0 Å². The summed E-state index contributed by atoms with van der Waals surface area (Å²) >= 11 is 9.21. The molecule has 0 aliphatic heterocycles. The highest BCUT2D eigenvalue weighted by Gasteiger charge is 2.38. The van der Waals surface area contributed by atoms with E-state index in [1.54, 1.807) is 18.2 Å². The minimum absolute atomic E-state index is 0.0105. The van der Waals surface area contributed by atoms with Gasteiger partial charge >= 0.3 is 0 Å². The summed E-state index contributed by atoms with van der Waals surface area (Å²) in [6, 6.07) is 5.22. The van der Waals surface area contributed by atoms with E-state index in [0.29, 0.717) is 10.6 Å². The molecule has 1 saturated carbocycles. The summed E-state index contributed by atoms with van der Waals surface area (Å²) in [7, 11) is 0. The Morgan fingerprint density at radius 3 is 2.73 bits per heavy atom. The van der Waals surface area contributed by atoms with Crippen molar-refractivity contribution in [1.29, 1.82) is 0 Å². The lowest BCUT2D eigenvalue weighted by Gasteiger charge is -2.11. The van der Waals surface area contributed by atoms with E-state index in [1.165, 1.54) is 0 Å². The van der Waals surface area contributed by atoms with E-state index < -0.39 is 0 Å². The topological polar surface area (TPSA) is 29.1 Å². The van der Waals surface area contributed by atoms with Crippen molar-refractivity contribution in [3.63, 3.8) is 0 Å². The highest BCUT2D eigenvalue weighted by Crippen LogP contribution is 2.34. The first-order valence-electron chi connectivity index (χ1n) is 4.78. The van der Waals surface area contributed by atoms with E-state index in [0.717, 1.165) is 17.3 Å². The van der Waals surface area contributed by atoms with Crippen LogP contribution in [0.25, 0.3) is 0 Å². The van der Waals surface area contributed by atoms with Gasteiger partial charge in [-0.2, -0.15) is 0 Å². The lowest BCUT2D eigenvalue weighted by atomic mass is 10.2. The number of halogens is 2. The fourth-order valence-electron chi connectivity index (χ4n) is 1.30. The second-order valence-corrected chi connectivity index (χ2v) is 5.41. The number of rotatable bonds is 2. The van der Waals surface area contributed by atoms with Crippen LogP contribution in [0.2, 0.25) is 5.02 Å². The van der Waals surface area contributed by atoms with E-state index in [4.69, 9.17) is 11.6 Å². The van der Waals surface area contributed by atoms with Crippen molar-refractivity contribution in [3.8, 4) is 0 Å². The SMILES string of the molecule is CC1(NC(=O)c2ccc(Br)c(Cl)c2)CC1. The second-order valence-electron chi connectivity index (χ2n) is 4.14. The molecule has 2 nitrogen and oxygen atoms in total. The first-order valence-corrected chi connectivity index (χ1v) is 5.95. The van der Waals surface area contributed by atoms with Crippen molar-refractivity contribution >= 4 is 33.4 Å². The quantitative estimate of drug-likeness (QED) is 0.888. The molecule has 1 N–H and O–H groups in total. The summed E-state index contributed by atoms with van der Waals surface area (Å²) in [5.74, 6) is -0.0515. The zero-order valence-corrected chi connectivity index (χ0v) is 10.7. The fraction of sp³-hybridized carbons (Fsp3) is 0.364. The van der Waals surface area contributed by atoms with Gasteiger partial charge < -0.3 is 5.32 Å². The average molecular weight is 289 g/mol. The van der Waals surface area contributed by atoms with Crippen molar-refractivity contribution in [2.45, 2.75) is 25.3 Å². The molecule has 0 unspecified atom stereocenters. The molecule has 0 aromatic heterocycles. The Balaban J connectivity index is 2.15. The zero-order chi connectivity index (χ0) is 11.1. The molecule has 1 aliphatic carbocycles. The van der Waals surface area contributed by atoms with Crippen LogP contribution < -0.4 is 5.32 Å². The van der Waals surface area contributed by atoms with Crippen molar-refractivity contribution in [2.24, 2.45) is 0 Å². The van der Waals surface area contributed by atoms with Crippen molar-refractivity contribution in [2.75, 3.05) is 0 Å². The summed E-state index contributed by atoms with van der Waals surface area (Å²) in [6.45, 7) is 2.05. The Hall–Kier alpha value is -0.540. The minimum Gasteiger partial charge on any atom is -0.347 e. The average Bonchev–Trinajstić information content (AvgIpc) is 2.88. The van der Waals surface area contributed by atoms with Gasteiger partial charge in [0.05, 0.1) is 5.02 Å².